The second-order valence-electron chi connectivity index (χ2n) is 5.77. The van der Waals surface area contributed by atoms with Crippen LogP contribution in [0.4, 0.5) is 0 Å². The van der Waals surface area contributed by atoms with Crippen LogP contribution in [0.25, 0.3) is 0 Å². The van der Waals surface area contributed by atoms with Crippen molar-refractivity contribution in [3.05, 3.63) is 60.2 Å². The highest BCUT2D eigenvalue weighted by atomic mass is 16.5. The molecule has 2 heteroatoms. The van der Waals surface area contributed by atoms with Crippen LogP contribution in [0.1, 0.15) is 18.4 Å². The molecule has 0 heterocycles. The Balaban J connectivity index is 1.63. The first-order valence-corrected chi connectivity index (χ1v) is 7.26. The molecule has 0 atom stereocenters. The van der Waals surface area contributed by atoms with Gasteiger partial charge in [0.15, 0.2) is 0 Å². The fourth-order valence-corrected chi connectivity index (χ4v) is 2.70. The maximum atomic E-state index is 5.81. The molecule has 2 aromatic rings. The van der Waals surface area contributed by atoms with Crippen molar-refractivity contribution < 1.29 is 4.74 Å². The van der Waals surface area contributed by atoms with Crippen LogP contribution in [-0.4, -0.2) is 13.6 Å². The Morgan fingerprint density at radius 1 is 0.950 bits per heavy atom. The molecule has 1 saturated carbocycles. The number of nitrogens with one attached hydrogen (secondary N) is 1. The van der Waals surface area contributed by atoms with E-state index in [4.69, 9.17) is 4.74 Å². The summed E-state index contributed by atoms with van der Waals surface area (Å²) in [7, 11) is 2.04. The number of ether oxygens (including phenoxy) is 1. The minimum atomic E-state index is 0.510. The SMILES string of the molecule is CNCC1(Cc2ccc(Oc3ccccc3)cc2)CC1. The van der Waals surface area contributed by atoms with Crippen LogP contribution in [0.15, 0.2) is 54.6 Å². The summed E-state index contributed by atoms with van der Waals surface area (Å²) >= 11 is 0. The lowest BCUT2D eigenvalue weighted by Gasteiger charge is -2.14. The molecule has 1 aliphatic carbocycles. The molecule has 20 heavy (non-hydrogen) atoms. The van der Waals surface area contributed by atoms with Crippen molar-refractivity contribution in [2.45, 2.75) is 19.3 Å². The largest absolute Gasteiger partial charge is 0.457 e. The van der Waals surface area contributed by atoms with Gasteiger partial charge in [-0.2, -0.15) is 0 Å². The van der Waals surface area contributed by atoms with E-state index in [1.807, 2.05) is 37.4 Å². The lowest BCUT2D eigenvalue weighted by atomic mass is 9.96. The van der Waals surface area contributed by atoms with Gasteiger partial charge in [0, 0.05) is 6.54 Å². The lowest BCUT2D eigenvalue weighted by Crippen LogP contribution is -2.21. The van der Waals surface area contributed by atoms with Crippen molar-refractivity contribution in [2.24, 2.45) is 5.41 Å². The highest BCUT2D eigenvalue weighted by Gasteiger charge is 2.41. The molecule has 3 rings (SSSR count). The second-order valence-corrected chi connectivity index (χ2v) is 5.77. The van der Waals surface area contributed by atoms with Gasteiger partial charge in [-0.1, -0.05) is 30.3 Å². The topological polar surface area (TPSA) is 21.3 Å². The maximum Gasteiger partial charge on any atom is 0.127 e. The Morgan fingerprint density at radius 2 is 1.60 bits per heavy atom. The van der Waals surface area contributed by atoms with E-state index < -0.39 is 0 Å². The zero-order valence-electron chi connectivity index (χ0n) is 11.9. The van der Waals surface area contributed by atoms with Crippen LogP contribution in [-0.2, 0) is 6.42 Å². The van der Waals surface area contributed by atoms with E-state index in [0.717, 1.165) is 18.0 Å². The summed E-state index contributed by atoms with van der Waals surface area (Å²) in [6, 6.07) is 18.4. The smallest absolute Gasteiger partial charge is 0.127 e. The first-order chi connectivity index (χ1) is 9.80. The maximum absolute atomic E-state index is 5.81. The van der Waals surface area contributed by atoms with Gasteiger partial charge in [0.1, 0.15) is 11.5 Å². The average Bonchev–Trinajstić information content (AvgIpc) is 3.22. The molecule has 0 radical (unpaired) electrons. The Hall–Kier alpha value is -1.80. The van der Waals surface area contributed by atoms with Gasteiger partial charge in [-0.25, -0.2) is 0 Å². The molecule has 0 spiro atoms. The van der Waals surface area contributed by atoms with Crippen molar-refractivity contribution >= 4 is 0 Å². The molecule has 0 amide bonds. The van der Waals surface area contributed by atoms with Crippen LogP contribution in [0.2, 0.25) is 0 Å². The third-order valence-electron chi connectivity index (χ3n) is 3.99. The Labute approximate surface area is 120 Å². The van der Waals surface area contributed by atoms with Gasteiger partial charge in [0.25, 0.3) is 0 Å². The molecule has 0 unspecified atom stereocenters. The Kier molecular flexibility index (Phi) is 3.75. The van der Waals surface area contributed by atoms with E-state index in [2.05, 4.69) is 29.6 Å². The van der Waals surface area contributed by atoms with Crippen molar-refractivity contribution in [2.75, 3.05) is 13.6 Å². The first-order valence-electron chi connectivity index (χ1n) is 7.26. The predicted octanol–water partition coefficient (Wildman–Crippen LogP) is 4.02. The molecule has 0 aliphatic heterocycles. The van der Waals surface area contributed by atoms with Crippen LogP contribution in [0.3, 0.4) is 0 Å². The predicted molar refractivity (Wildman–Crippen MR) is 82.3 cm³/mol. The fourth-order valence-electron chi connectivity index (χ4n) is 2.70. The van der Waals surface area contributed by atoms with Gasteiger partial charge in [-0.3, -0.25) is 0 Å². The Morgan fingerprint density at radius 3 is 2.20 bits per heavy atom. The second kappa shape index (κ2) is 5.68. The number of rotatable bonds is 6. The van der Waals surface area contributed by atoms with E-state index in [1.165, 1.54) is 24.8 Å². The molecule has 104 valence electrons. The normalized spacial score (nSPS) is 15.8. The van der Waals surface area contributed by atoms with Gasteiger partial charge in [0.2, 0.25) is 0 Å². The minimum absolute atomic E-state index is 0.510. The van der Waals surface area contributed by atoms with Crippen molar-refractivity contribution in [1.29, 1.82) is 0 Å². The zero-order chi connectivity index (χ0) is 13.8. The summed E-state index contributed by atoms with van der Waals surface area (Å²) in [5, 5.41) is 3.31. The summed E-state index contributed by atoms with van der Waals surface area (Å²) < 4.78 is 5.81. The van der Waals surface area contributed by atoms with Gasteiger partial charge >= 0.3 is 0 Å². The van der Waals surface area contributed by atoms with Gasteiger partial charge < -0.3 is 10.1 Å². The molecular weight excluding hydrogens is 246 g/mol. The van der Waals surface area contributed by atoms with Gasteiger partial charge in [0.05, 0.1) is 0 Å². The van der Waals surface area contributed by atoms with E-state index in [0.29, 0.717) is 5.41 Å². The van der Waals surface area contributed by atoms with Crippen LogP contribution < -0.4 is 10.1 Å². The number of hydrogen-bond acceptors (Lipinski definition) is 2. The zero-order valence-corrected chi connectivity index (χ0v) is 11.9. The molecule has 0 bridgehead atoms. The monoisotopic (exact) mass is 267 g/mol. The Bertz CT molecular complexity index is 543. The number of benzene rings is 2. The molecule has 2 nitrogen and oxygen atoms in total. The van der Waals surface area contributed by atoms with Crippen LogP contribution in [0, 0.1) is 5.41 Å². The molecule has 2 aromatic carbocycles. The summed E-state index contributed by atoms with van der Waals surface area (Å²) in [4.78, 5) is 0. The van der Waals surface area contributed by atoms with E-state index in [-0.39, 0.29) is 0 Å². The molecular formula is C18H21NO. The van der Waals surface area contributed by atoms with Crippen molar-refractivity contribution in [1.82, 2.24) is 5.32 Å². The van der Waals surface area contributed by atoms with E-state index in [1.54, 1.807) is 0 Å². The fraction of sp³-hybridized carbons (Fsp3) is 0.333. The summed E-state index contributed by atoms with van der Waals surface area (Å²) in [6.45, 7) is 1.12. The van der Waals surface area contributed by atoms with Crippen LogP contribution >= 0.6 is 0 Å². The number of hydrogen-bond donors (Lipinski definition) is 1. The third-order valence-corrected chi connectivity index (χ3v) is 3.99. The quantitative estimate of drug-likeness (QED) is 0.853. The summed E-state index contributed by atoms with van der Waals surface area (Å²) in [6.07, 6.45) is 3.85. The highest BCUT2D eigenvalue weighted by molar-refractivity contribution is 5.33. The van der Waals surface area contributed by atoms with Gasteiger partial charge in [-0.15, -0.1) is 0 Å². The van der Waals surface area contributed by atoms with Gasteiger partial charge in [-0.05, 0) is 61.6 Å². The molecule has 0 saturated heterocycles. The average molecular weight is 267 g/mol. The van der Waals surface area contributed by atoms with E-state index >= 15 is 0 Å². The van der Waals surface area contributed by atoms with Crippen molar-refractivity contribution in [3.63, 3.8) is 0 Å². The van der Waals surface area contributed by atoms with E-state index in [9.17, 15) is 0 Å². The highest BCUT2D eigenvalue weighted by Crippen LogP contribution is 2.47. The summed E-state index contributed by atoms with van der Waals surface area (Å²) in [5.41, 5.74) is 1.91. The molecule has 1 aliphatic rings. The molecule has 1 N–H and O–H groups in total. The summed E-state index contributed by atoms with van der Waals surface area (Å²) in [5.74, 6) is 1.78. The lowest BCUT2D eigenvalue weighted by molar-refractivity contribution is 0.473. The van der Waals surface area contributed by atoms with Crippen molar-refractivity contribution in [3.8, 4) is 11.5 Å². The minimum Gasteiger partial charge on any atom is -0.457 e. The molecule has 0 aromatic heterocycles. The first kappa shape index (κ1) is 13.2. The third kappa shape index (κ3) is 3.20. The standard InChI is InChI=1S/C18H21NO/c1-19-14-18(11-12-18)13-15-7-9-17(10-8-15)20-16-5-3-2-4-6-16/h2-10,19H,11-14H2,1H3. The number of para-hydroxylation sites is 1. The van der Waals surface area contributed by atoms with Crippen LogP contribution in [0.5, 0.6) is 11.5 Å². The molecule has 1 fully saturated rings.